The molecule has 1 saturated carbocycles. The predicted octanol–water partition coefficient (Wildman–Crippen LogP) is 2.28. The molecule has 1 heterocycles. The number of carbonyl (C=O) groups excluding carboxylic acids is 1. The Morgan fingerprint density at radius 3 is 2.83 bits per heavy atom. The molecule has 0 aromatic rings. The Labute approximate surface area is 108 Å². The quantitative estimate of drug-likeness (QED) is 0.558. The normalized spacial score (nSPS) is 34.9. The van der Waals surface area contributed by atoms with Crippen LogP contribution in [0.2, 0.25) is 0 Å². The average molecular weight is 254 g/mol. The van der Waals surface area contributed by atoms with Crippen molar-refractivity contribution in [1.82, 2.24) is 0 Å². The lowest BCUT2D eigenvalue weighted by Gasteiger charge is -2.19. The Kier molecular flexibility index (Phi) is 3.78. The third-order valence-electron chi connectivity index (χ3n) is 3.59. The van der Waals surface area contributed by atoms with E-state index < -0.39 is 5.79 Å². The molecule has 2 aliphatic rings. The van der Waals surface area contributed by atoms with Crippen LogP contribution in [0.25, 0.3) is 0 Å². The first kappa shape index (κ1) is 13.6. The van der Waals surface area contributed by atoms with E-state index >= 15 is 0 Å². The number of esters is 1. The topological polar surface area (TPSA) is 44.8 Å². The Bertz CT molecular complexity index is 337. The summed E-state index contributed by atoms with van der Waals surface area (Å²) in [6, 6.07) is 0. The standard InChI is InChI=1S/C14H22O4/c1-5-6-12(17-9(2)15)10-7-11(10)13-8-16-14(3,4)18-13/h5,10-13H,1,6-8H2,2-4H3/t10-,11-,12-,13?/m1/s1. The lowest BCUT2D eigenvalue weighted by atomic mass is 10.1. The van der Waals surface area contributed by atoms with E-state index in [1.54, 1.807) is 6.08 Å². The van der Waals surface area contributed by atoms with Gasteiger partial charge in [-0.15, -0.1) is 6.58 Å². The summed E-state index contributed by atoms with van der Waals surface area (Å²) >= 11 is 0. The van der Waals surface area contributed by atoms with Gasteiger partial charge < -0.3 is 14.2 Å². The molecule has 102 valence electrons. The van der Waals surface area contributed by atoms with Crippen LogP contribution in [-0.4, -0.2) is 30.6 Å². The Morgan fingerprint density at radius 1 is 1.61 bits per heavy atom. The zero-order valence-corrected chi connectivity index (χ0v) is 11.3. The maximum Gasteiger partial charge on any atom is 0.302 e. The lowest BCUT2D eigenvalue weighted by Crippen LogP contribution is -2.25. The highest BCUT2D eigenvalue weighted by molar-refractivity contribution is 5.66. The highest BCUT2D eigenvalue weighted by Crippen LogP contribution is 2.49. The number of hydrogen-bond acceptors (Lipinski definition) is 4. The van der Waals surface area contributed by atoms with Crippen molar-refractivity contribution >= 4 is 5.97 Å². The van der Waals surface area contributed by atoms with Gasteiger partial charge in [-0.25, -0.2) is 0 Å². The second-order valence-corrected chi connectivity index (χ2v) is 5.60. The minimum atomic E-state index is -0.479. The zero-order valence-electron chi connectivity index (χ0n) is 11.3. The van der Waals surface area contributed by atoms with Gasteiger partial charge in [0.2, 0.25) is 0 Å². The summed E-state index contributed by atoms with van der Waals surface area (Å²) in [5, 5.41) is 0. The summed E-state index contributed by atoms with van der Waals surface area (Å²) in [6.07, 6.45) is 3.62. The summed E-state index contributed by atoms with van der Waals surface area (Å²) in [7, 11) is 0. The first-order chi connectivity index (χ1) is 8.43. The van der Waals surface area contributed by atoms with Crippen LogP contribution >= 0.6 is 0 Å². The van der Waals surface area contributed by atoms with Gasteiger partial charge in [-0.3, -0.25) is 4.79 Å². The Hall–Kier alpha value is -0.870. The largest absolute Gasteiger partial charge is 0.462 e. The van der Waals surface area contributed by atoms with E-state index in [1.807, 2.05) is 13.8 Å². The van der Waals surface area contributed by atoms with Crippen molar-refractivity contribution in [2.24, 2.45) is 11.8 Å². The van der Waals surface area contributed by atoms with Gasteiger partial charge in [0.15, 0.2) is 5.79 Å². The molecule has 2 fully saturated rings. The van der Waals surface area contributed by atoms with E-state index in [-0.39, 0.29) is 18.2 Å². The molecule has 0 amide bonds. The van der Waals surface area contributed by atoms with E-state index in [0.29, 0.717) is 24.9 Å². The van der Waals surface area contributed by atoms with Crippen LogP contribution in [0.1, 0.15) is 33.6 Å². The molecule has 0 radical (unpaired) electrons. The first-order valence-corrected chi connectivity index (χ1v) is 6.53. The fraction of sp³-hybridized carbons (Fsp3) is 0.786. The first-order valence-electron chi connectivity index (χ1n) is 6.53. The molecule has 0 spiro atoms. The van der Waals surface area contributed by atoms with Crippen LogP contribution in [0.15, 0.2) is 12.7 Å². The molecule has 0 bridgehead atoms. The summed E-state index contributed by atoms with van der Waals surface area (Å²) in [4.78, 5) is 11.1. The molecule has 18 heavy (non-hydrogen) atoms. The third kappa shape index (κ3) is 3.12. The SMILES string of the molecule is C=CC[C@@H](OC(C)=O)[C@@H]1C[C@H]1C1COC(C)(C)O1. The molecule has 1 saturated heterocycles. The highest BCUT2D eigenvalue weighted by Gasteiger charge is 2.52. The van der Waals surface area contributed by atoms with Gasteiger partial charge in [0.25, 0.3) is 0 Å². The van der Waals surface area contributed by atoms with Crippen LogP contribution in [0.5, 0.6) is 0 Å². The van der Waals surface area contributed by atoms with Gasteiger partial charge in [0.05, 0.1) is 12.7 Å². The van der Waals surface area contributed by atoms with Crippen molar-refractivity contribution in [3.63, 3.8) is 0 Å². The maximum atomic E-state index is 11.1. The molecule has 1 aliphatic carbocycles. The van der Waals surface area contributed by atoms with Crippen molar-refractivity contribution < 1.29 is 19.0 Å². The minimum Gasteiger partial charge on any atom is -0.462 e. The third-order valence-corrected chi connectivity index (χ3v) is 3.59. The van der Waals surface area contributed by atoms with Crippen molar-refractivity contribution in [2.75, 3.05) is 6.61 Å². The summed E-state index contributed by atoms with van der Waals surface area (Å²) in [5.74, 6) is 0.120. The Balaban J connectivity index is 1.88. The molecule has 4 heteroatoms. The molecule has 4 atom stereocenters. The molecule has 0 aromatic carbocycles. The van der Waals surface area contributed by atoms with Gasteiger partial charge >= 0.3 is 5.97 Å². The van der Waals surface area contributed by atoms with Crippen molar-refractivity contribution in [3.8, 4) is 0 Å². The molecule has 0 N–H and O–H groups in total. The molecular formula is C14H22O4. The Morgan fingerprint density at radius 2 is 2.33 bits per heavy atom. The predicted molar refractivity (Wildman–Crippen MR) is 66.9 cm³/mol. The summed E-state index contributed by atoms with van der Waals surface area (Å²) in [5.41, 5.74) is 0. The molecule has 0 aromatic heterocycles. The number of carbonyl (C=O) groups is 1. The lowest BCUT2D eigenvalue weighted by molar-refractivity contribution is -0.149. The van der Waals surface area contributed by atoms with E-state index in [2.05, 4.69) is 6.58 Å². The van der Waals surface area contributed by atoms with Crippen LogP contribution in [-0.2, 0) is 19.0 Å². The van der Waals surface area contributed by atoms with E-state index in [4.69, 9.17) is 14.2 Å². The van der Waals surface area contributed by atoms with Crippen molar-refractivity contribution in [3.05, 3.63) is 12.7 Å². The second kappa shape index (κ2) is 5.02. The summed E-state index contributed by atoms with van der Waals surface area (Å²) < 4.78 is 16.8. The van der Waals surface area contributed by atoms with E-state index in [9.17, 15) is 4.79 Å². The van der Waals surface area contributed by atoms with Crippen molar-refractivity contribution in [2.45, 2.75) is 51.6 Å². The molecular weight excluding hydrogens is 232 g/mol. The average Bonchev–Trinajstić information content (AvgIpc) is 2.96. The summed E-state index contributed by atoms with van der Waals surface area (Å²) in [6.45, 7) is 9.66. The highest BCUT2D eigenvalue weighted by atomic mass is 16.7. The van der Waals surface area contributed by atoms with Gasteiger partial charge in [-0.1, -0.05) is 6.08 Å². The number of hydrogen-bond donors (Lipinski definition) is 0. The monoisotopic (exact) mass is 254 g/mol. The molecule has 1 aliphatic heterocycles. The molecule has 4 nitrogen and oxygen atoms in total. The van der Waals surface area contributed by atoms with Gasteiger partial charge in [-0.05, 0) is 26.2 Å². The van der Waals surface area contributed by atoms with Gasteiger partial charge in [-0.2, -0.15) is 0 Å². The van der Waals surface area contributed by atoms with Crippen LogP contribution in [0.3, 0.4) is 0 Å². The van der Waals surface area contributed by atoms with E-state index in [0.717, 1.165) is 6.42 Å². The maximum absolute atomic E-state index is 11.1. The fourth-order valence-electron chi connectivity index (χ4n) is 2.70. The smallest absolute Gasteiger partial charge is 0.302 e. The van der Waals surface area contributed by atoms with E-state index in [1.165, 1.54) is 6.92 Å². The van der Waals surface area contributed by atoms with Crippen LogP contribution in [0, 0.1) is 11.8 Å². The van der Waals surface area contributed by atoms with Crippen molar-refractivity contribution in [1.29, 1.82) is 0 Å². The minimum absolute atomic E-state index is 0.0580. The fourth-order valence-corrected chi connectivity index (χ4v) is 2.70. The van der Waals surface area contributed by atoms with Gasteiger partial charge in [0.1, 0.15) is 6.10 Å². The second-order valence-electron chi connectivity index (χ2n) is 5.60. The molecule has 1 unspecified atom stereocenters. The zero-order chi connectivity index (χ0) is 13.3. The van der Waals surface area contributed by atoms with Crippen LogP contribution in [0.4, 0.5) is 0 Å². The molecule has 2 rings (SSSR count). The number of rotatable bonds is 5. The number of ether oxygens (including phenoxy) is 3. The van der Waals surface area contributed by atoms with Gasteiger partial charge in [0, 0.05) is 19.3 Å². The van der Waals surface area contributed by atoms with Crippen LogP contribution < -0.4 is 0 Å².